The summed E-state index contributed by atoms with van der Waals surface area (Å²) in [7, 11) is 1.76. The molecule has 14 heteroatoms. The van der Waals surface area contributed by atoms with Crippen LogP contribution in [-0.2, 0) is 21.4 Å². The Bertz CT molecular complexity index is 1420. The topological polar surface area (TPSA) is 129 Å². The summed E-state index contributed by atoms with van der Waals surface area (Å²) in [5.74, 6) is -1.75. The number of piperidine rings is 4. The second-order valence-corrected chi connectivity index (χ2v) is 12.3. The lowest BCUT2D eigenvalue weighted by molar-refractivity contribution is -0.192. The number of imide groups is 1. The number of hydrogen-bond donors (Lipinski definition) is 3. The molecule has 1 aromatic carbocycles. The molecule has 1 aromatic heterocycles. The fraction of sp³-hybridized carbons (Fsp3) is 0.667. The van der Waals surface area contributed by atoms with Gasteiger partial charge in [0.25, 0.3) is 0 Å². The van der Waals surface area contributed by atoms with Crippen LogP contribution in [0.3, 0.4) is 0 Å². The van der Waals surface area contributed by atoms with Gasteiger partial charge < -0.3 is 20.2 Å². The number of likely N-dealkylation sites (tertiary alicyclic amines) is 1. The van der Waals surface area contributed by atoms with E-state index in [-0.39, 0.29) is 18.0 Å². The van der Waals surface area contributed by atoms with Gasteiger partial charge >= 0.3 is 17.8 Å². The maximum atomic E-state index is 13.1. The molecule has 6 rings (SSSR count). The van der Waals surface area contributed by atoms with Crippen molar-refractivity contribution in [1.82, 2.24) is 24.7 Å². The van der Waals surface area contributed by atoms with Gasteiger partial charge in [-0.15, -0.1) is 0 Å². The van der Waals surface area contributed by atoms with E-state index in [1.54, 1.807) is 16.2 Å². The second-order valence-electron chi connectivity index (χ2n) is 12.3. The van der Waals surface area contributed by atoms with E-state index in [9.17, 15) is 27.6 Å². The van der Waals surface area contributed by atoms with Crippen molar-refractivity contribution >= 4 is 34.5 Å². The highest BCUT2D eigenvalue weighted by Crippen LogP contribution is 2.35. The number of hydrogen-bond acceptors (Lipinski definition) is 7. The van der Waals surface area contributed by atoms with Crippen LogP contribution >= 0.6 is 0 Å². The Labute approximate surface area is 253 Å². The largest absolute Gasteiger partial charge is 0.490 e. The lowest BCUT2D eigenvalue weighted by Crippen LogP contribution is -2.48. The first-order chi connectivity index (χ1) is 20.9. The number of nitrogens with zero attached hydrogens (tertiary/aromatic N) is 4. The third-order valence-corrected chi connectivity index (χ3v) is 9.81. The Morgan fingerprint density at radius 1 is 0.886 bits per heavy atom. The molecule has 0 spiro atoms. The van der Waals surface area contributed by atoms with Gasteiger partial charge in [-0.1, -0.05) is 0 Å². The molecule has 0 bridgehead atoms. The third-order valence-electron chi connectivity index (χ3n) is 9.81. The smallest absolute Gasteiger partial charge is 0.475 e. The molecule has 1 unspecified atom stereocenters. The molecule has 5 heterocycles. The summed E-state index contributed by atoms with van der Waals surface area (Å²) in [6.45, 7) is 6.98. The van der Waals surface area contributed by atoms with Gasteiger partial charge in [0.1, 0.15) is 6.04 Å². The summed E-state index contributed by atoms with van der Waals surface area (Å²) >= 11 is 0. The van der Waals surface area contributed by atoms with Gasteiger partial charge in [-0.3, -0.25) is 24.0 Å². The van der Waals surface area contributed by atoms with Crippen LogP contribution < -0.4 is 21.2 Å². The fourth-order valence-corrected chi connectivity index (χ4v) is 7.34. The molecule has 3 N–H and O–H groups in total. The van der Waals surface area contributed by atoms with Gasteiger partial charge in [-0.2, -0.15) is 13.2 Å². The van der Waals surface area contributed by atoms with Crippen LogP contribution in [0.15, 0.2) is 23.0 Å². The number of carbonyl (C=O) groups is 3. The van der Waals surface area contributed by atoms with Crippen molar-refractivity contribution in [3.63, 3.8) is 0 Å². The molecule has 0 aliphatic carbocycles. The van der Waals surface area contributed by atoms with E-state index in [1.165, 1.54) is 64.7 Å². The monoisotopic (exact) mass is 622 g/mol. The number of amides is 2. The molecule has 4 aliphatic rings. The first kappa shape index (κ1) is 32.0. The first-order valence-corrected chi connectivity index (χ1v) is 15.5. The highest BCUT2D eigenvalue weighted by atomic mass is 19.4. The van der Waals surface area contributed by atoms with Gasteiger partial charge in [-0.05, 0) is 101 Å². The molecule has 1 atom stereocenters. The summed E-state index contributed by atoms with van der Waals surface area (Å²) in [4.78, 5) is 51.3. The maximum absolute atomic E-state index is 13.1. The number of halogens is 3. The van der Waals surface area contributed by atoms with E-state index in [1.807, 2.05) is 6.07 Å². The number of rotatable bonds is 4. The first-order valence-electron chi connectivity index (χ1n) is 15.5. The summed E-state index contributed by atoms with van der Waals surface area (Å²) in [6, 6.07) is 6.30. The number of carboxylic acid groups (broad SMARTS) is 1. The number of fused-ring (bicyclic) bond motifs is 1. The summed E-state index contributed by atoms with van der Waals surface area (Å²) in [5.41, 5.74) is 2.51. The quantitative estimate of drug-likeness (QED) is 0.444. The minimum atomic E-state index is -5.08. The van der Waals surface area contributed by atoms with Crippen LogP contribution in [0.4, 0.5) is 18.9 Å². The summed E-state index contributed by atoms with van der Waals surface area (Å²) in [6.07, 6.45) is 3.27. The minimum Gasteiger partial charge on any atom is -0.475 e. The van der Waals surface area contributed by atoms with E-state index in [0.717, 1.165) is 47.7 Å². The van der Waals surface area contributed by atoms with Crippen molar-refractivity contribution in [2.75, 3.05) is 44.2 Å². The minimum absolute atomic E-state index is 0.212. The van der Waals surface area contributed by atoms with Gasteiger partial charge in [0.05, 0.1) is 11.0 Å². The zero-order chi connectivity index (χ0) is 31.6. The van der Waals surface area contributed by atoms with Crippen molar-refractivity contribution in [2.45, 2.75) is 69.6 Å². The summed E-state index contributed by atoms with van der Waals surface area (Å²) < 4.78 is 34.9. The number of anilines is 1. The van der Waals surface area contributed by atoms with E-state index < -0.39 is 24.1 Å². The Hall–Kier alpha value is -3.39. The van der Waals surface area contributed by atoms with E-state index in [4.69, 9.17) is 9.90 Å². The molecular formula is C30H41F3N6O5. The average Bonchev–Trinajstić information content (AvgIpc) is 3.26. The molecule has 44 heavy (non-hydrogen) atoms. The zero-order valence-electron chi connectivity index (χ0n) is 24.9. The molecule has 0 saturated carbocycles. The van der Waals surface area contributed by atoms with Gasteiger partial charge in [-0.25, -0.2) is 9.59 Å². The highest BCUT2D eigenvalue weighted by Gasteiger charge is 2.38. The molecular weight excluding hydrogens is 581 g/mol. The van der Waals surface area contributed by atoms with Crippen LogP contribution in [-0.4, -0.2) is 88.4 Å². The number of aliphatic carboxylic acids is 1. The van der Waals surface area contributed by atoms with Gasteiger partial charge in [0.2, 0.25) is 11.8 Å². The Balaban J connectivity index is 0.000000493. The number of alkyl halides is 3. The molecule has 2 aromatic rings. The van der Waals surface area contributed by atoms with Crippen molar-refractivity contribution in [2.24, 2.45) is 18.9 Å². The predicted molar refractivity (Wildman–Crippen MR) is 157 cm³/mol. The molecule has 242 valence electrons. The Morgan fingerprint density at radius 3 is 2.05 bits per heavy atom. The summed E-state index contributed by atoms with van der Waals surface area (Å²) in [5, 5.41) is 13.0. The zero-order valence-corrected chi connectivity index (χ0v) is 24.9. The van der Waals surface area contributed by atoms with E-state index in [0.29, 0.717) is 6.42 Å². The molecule has 0 radical (unpaired) electrons. The standard InChI is InChI=1S/C28H40N6O3.C2HF3O2/c1-31-25-18-22(2-3-23(25)34(28(31)37)24-4-5-26(35)30-27(24)36)33-16-10-20(11-17-33)19-8-14-32(15-9-19)21-6-12-29-13-7-21;3-2(4,5)1(6)7/h2-3,18-21,24,29H,4-17H2,1H3,(H,30,35,36);(H,6,7). The molecule has 4 fully saturated rings. The molecule has 4 aliphatic heterocycles. The van der Waals surface area contributed by atoms with Gasteiger partial charge in [0, 0.05) is 38.3 Å². The van der Waals surface area contributed by atoms with E-state index in [2.05, 4.69) is 32.6 Å². The van der Waals surface area contributed by atoms with Crippen LogP contribution in [0.5, 0.6) is 0 Å². The van der Waals surface area contributed by atoms with Crippen molar-refractivity contribution in [1.29, 1.82) is 0 Å². The number of benzene rings is 1. The fourth-order valence-electron chi connectivity index (χ4n) is 7.34. The van der Waals surface area contributed by atoms with Crippen molar-refractivity contribution in [3.8, 4) is 0 Å². The number of carbonyl (C=O) groups excluding carboxylic acids is 2. The van der Waals surface area contributed by atoms with Crippen LogP contribution in [0.1, 0.15) is 57.4 Å². The van der Waals surface area contributed by atoms with Crippen LogP contribution in [0.25, 0.3) is 11.0 Å². The van der Waals surface area contributed by atoms with Crippen LogP contribution in [0, 0.1) is 11.8 Å². The van der Waals surface area contributed by atoms with Crippen molar-refractivity contribution < 1.29 is 32.7 Å². The van der Waals surface area contributed by atoms with Crippen LogP contribution in [0.2, 0.25) is 0 Å². The van der Waals surface area contributed by atoms with E-state index >= 15 is 0 Å². The number of carboxylic acids is 1. The number of aryl methyl sites for hydroxylation is 1. The average molecular weight is 623 g/mol. The highest BCUT2D eigenvalue weighted by molar-refractivity contribution is 6.00. The number of aromatic nitrogens is 2. The molecule has 11 nitrogen and oxygen atoms in total. The lowest BCUT2D eigenvalue weighted by Gasteiger charge is -2.43. The second kappa shape index (κ2) is 13.3. The van der Waals surface area contributed by atoms with Gasteiger partial charge in [0.15, 0.2) is 0 Å². The normalized spacial score (nSPS) is 23.4. The van der Waals surface area contributed by atoms with Crippen molar-refractivity contribution in [3.05, 3.63) is 28.7 Å². The lowest BCUT2D eigenvalue weighted by atomic mass is 9.78. The maximum Gasteiger partial charge on any atom is 0.490 e. The Morgan fingerprint density at radius 2 is 1.48 bits per heavy atom. The Kier molecular flexibility index (Phi) is 9.68. The molecule has 4 saturated heterocycles. The molecule has 2 amide bonds. The predicted octanol–water partition coefficient (Wildman–Crippen LogP) is 2.63. The number of imidazole rings is 1. The SMILES string of the molecule is Cn1c(=O)n(C2CCC(=O)NC2=O)c2ccc(N3CCC(C4CCN(C5CCNCC5)CC4)CC3)cc21.O=C(O)C(F)(F)F. The number of nitrogens with one attached hydrogen (secondary N) is 2. The third kappa shape index (κ3) is 6.96.